The Hall–Kier alpha value is -0.770. The highest BCUT2D eigenvalue weighted by atomic mass is 35.5. The second-order valence-electron chi connectivity index (χ2n) is 4.65. The summed E-state index contributed by atoms with van der Waals surface area (Å²) in [6.07, 6.45) is 1.84. The second-order valence-corrected chi connectivity index (χ2v) is 5.09. The maximum atomic E-state index is 6.00. The molecule has 1 rings (SSSR count). The van der Waals surface area contributed by atoms with Crippen molar-refractivity contribution in [3.63, 3.8) is 0 Å². The van der Waals surface area contributed by atoms with Gasteiger partial charge in [-0.3, -0.25) is 11.3 Å². The van der Waals surface area contributed by atoms with Crippen molar-refractivity contribution in [1.29, 1.82) is 0 Å². The van der Waals surface area contributed by atoms with Gasteiger partial charge in [0.15, 0.2) is 0 Å². The molecule has 4 heteroatoms. The van der Waals surface area contributed by atoms with Crippen molar-refractivity contribution in [2.24, 2.45) is 11.8 Å². The summed E-state index contributed by atoms with van der Waals surface area (Å²) in [5.41, 5.74) is 3.94. The highest BCUT2D eigenvalue weighted by Crippen LogP contribution is 2.24. The Balaban J connectivity index is 2.80. The molecule has 0 fully saturated rings. The van der Waals surface area contributed by atoms with Gasteiger partial charge in [-0.2, -0.15) is 0 Å². The van der Waals surface area contributed by atoms with Crippen LogP contribution in [0.1, 0.15) is 25.8 Å². The first-order valence-corrected chi connectivity index (χ1v) is 6.23. The van der Waals surface area contributed by atoms with E-state index in [0.29, 0.717) is 5.92 Å². The first-order valence-electron chi connectivity index (χ1n) is 5.85. The third-order valence-electron chi connectivity index (χ3n) is 2.70. The number of hydrogen-bond donors (Lipinski definition) is 2. The van der Waals surface area contributed by atoms with Crippen LogP contribution in [0, 0.1) is 5.92 Å². The van der Waals surface area contributed by atoms with E-state index in [2.05, 4.69) is 19.3 Å². The van der Waals surface area contributed by atoms with Crippen molar-refractivity contribution in [2.75, 3.05) is 7.11 Å². The molecule has 1 aromatic rings. The largest absolute Gasteiger partial charge is 0.496 e. The summed E-state index contributed by atoms with van der Waals surface area (Å²) in [7, 11) is 1.67. The molecule has 0 bridgehead atoms. The minimum Gasteiger partial charge on any atom is -0.496 e. The van der Waals surface area contributed by atoms with E-state index < -0.39 is 0 Å². The van der Waals surface area contributed by atoms with Crippen molar-refractivity contribution in [1.82, 2.24) is 5.43 Å². The summed E-state index contributed by atoms with van der Waals surface area (Å²) in [4.78, 5) is 0. The van der Waals surface area contributed by atoms with Crippen LogP contribution >= 0.6 is 11.6 Å². The molecule has 0 radical (unpaired) electrons. The van der Waals surface area contributed by atoms with Gasteiger partial charge in [0.25, 0.3) is 0 Å². The van der Waals surface area contributed by atoms with Crippen LogP contribution in [0.15, 0.2) is 18.2 Å². The fourth-order valence-corrected chi connectivity index (χ4v) is 2.15. The van der Waals surface area contributed by atoms with Gasteiger partial charge in [-0.1, -0.05) is 25.4 Å². The number of methoxy groups -OCH3 is 1. The molecule has 0 aliphatic rings. The fourth-order valence-electron chi connectivity index (χ4n) is 1.95. The van der Waals surface area contributed by atoms with Crippen molar-refractivity contribution >= 4 is 11.6 Å². The van der Waals surface area contributed by atoms with Crippen LogP contribution in [0.4, 0.5) is 0 Å². The average Bonchev–Trinajstić information content (AvgIpc) is 2.28. The summed E-state index contributed by atoms with van der Waals surface area (Å²) >= 11 is 6.00. The Morgan fingerprint density at radius 2 is 2.12 bits per heavy atom. The molecule has 96 valence electrons. The van der Waals surface area contributed by atoms with Crippen LogP contribution in [0.5, 0.6) is 5.75 Å². The lowest BCUT2D eigenvalue weighted by Gasteiger charge is -2.19. The van der Waals surface area contributed by atoms with Crippen molar-refractivity contribution in [2.45, 2.75) is 32.7 Å². The van der Waals surface area contributed by atoms with Gasteiger partial charge in [0.2, 0.25) is 0 Å². The zero-order valence-corrected chi connectivity index (χ0v) is 11.4. The average molecular weight is 257 g/mol. The molecule has 0 aliphatic heterocycles. The zero-order chi connectivity index (χ0) is 12.8. The van der Waals surface area contributed by atoms with Crippen molar-refractivity contribution in [3.05, 3.63) is 28.8 Å². The minimum atomic E-state index is 0.238. The molecular formula is C13H21ClN2O. The number of nitrogens with two attached hydrogens (primary N) is 1. The SMILES string of the molecule is COc1ccc(Cl)cc1CC(CC(C)C)NN. The maximum Gasteiger partial charge on any atom is 0.122 e. The lowest BCUT2D eigenvalue weighted by molar-refractivity contribution is 0.392. The second kappa shape index (κ2) is 6.84. The first kappa shape index (κ1) is 14.3. The van der Waals surface area contributed by atoms with Gasteiger partial charge in [0, 0.05) is 11.1 Å². The van der Waals surface area contributed by atoms with E-state index in [0.717, 1.165) is 29.2 Å². The molecule has 3 nitrogen and oxygen atoms in total. The minimum absolute atomic E-state index is 0.238. The van der Waals surface area contributed by atoms with Gasteiger partial charge < -0.3 is 4.74 Å². The van der Waals surface area contributed by atoms with Crippen LogP contribution in [0.2, 0.25) is 5.02 Å². The normalized spacial score (nSPS) is 12.8. The molecule has 0 spiro atoms. The third-order valence-corrected chi connectivity index (χ3v) is 2.94. The summed E-state index contributed by atoms with van der Waals surface area (Å²) in [6, 6.07) is 5.89. The summed E-state index contributed by atoms with van der Waals surface area (Å²) in [5, 5.41) is 0.723. The Labute approximate surface area is 108 Å². The molecule has 0 saturated carbocycles. The van der Waals surface area contributed by atoms with Gasteiger partial charge in [0.05, 0.1) is 7.11 Å². The summed E-state index contributed by atoms with van der Waals surface area (Å²) < 4.78 is 5.32. The quantitative estimate of drug-likeness (QED) is 0.608. The topological polar surface area (TPSA) is 47.3 Å². The Morgan fingerprint density at radius 3 is 2.65 bits per heavy atom. The predicted molar refractivity (Wildman–Crippen MR) is 72.3 cm³/mol. The van der Waals surface area contributed by atoms with Crippen molar-refractivity contribution < 1.29 is 4.74 Å². The smallest absolute Gasteiger partial charge is 0.122 e. The summed E-state index contributed by atoms with van der Waals surface area (Å²) in [5.74, 6) is 7.03. The lowest BCUT2D eigenvalue weighted by atomic mass is 9.97. The number of benzene rings is 1. The van der Waals surface area contributed by atoms with E-state index in [1.165, 1.54) is 0 Å². The highest BCUT2D eigenvalue weighted by molar-refractivity contribution is 6.30. The van der Waals surface area contributed by atoms with Crippen LogP contribution in [-0.4, -0.2) is 13.2 Å². The van der Waals surface area contributed by atoms with E-state index in [1.54, 1.807) is 7.11 Å². The molecule has 1 unspecified atom stereocenters. The van der Waals surface area contributed by atoms with Gasteiger partial charge in [-0.15, -0.1) is 0 Å². The Bertz CT molecular complexity index is 355. The highest BCUT2D eigenvalue weighted by Gasteiger charge is 2.13. The number of nitrogens with one attached hydrogen (secondary N) is 1. The monoisotopic (exact) mass is 256 g/mol. The first-order chi connectivity index (χ1) is 8.06. The molecule has 0 aliphatic carbocycles. The van der Waals surface area contributed by atoms with Gasteiger partial charge >= 0.3 is 0 Å². The van der Waals surface area contributed by atoms with E-state index >= 15 is 0 Å². The molecule has 0 aromatic heterocycles. The fraction of sp³-hybridized carbons (Fsp3) is 0.538. The molecule has 17 heavy (non-hydrogen) atoms. The molecule has 1 atom stereocenters. The Kier molecular flexibility index (Phi) is 5.75. The predicted octanol–water partition coefficient (Wildman–Crippen LogP) is 2.77. The Morgan fingerprint density at radius 1 is 1.41 bits per heavy atom. The number of hydrogen-bond acceptors (Lipinski definition) is 3. The molecule has 3 N–H and O–H groups in total. The number of rotatable bonds is 6. The molecule has 0 saturated heterocycles. The van der Waals surface area contributed by atoms with Crippen molar-refractivity contribution in [3.8, 4) is 5.75 Å². The number of halogens is 1. The number of hydrazine groups is 1. The lowest BCUT2D eigenvalue weighted by Crippen LogP contribution is -2.37. The molecule has 0 heterocycles. The number of ether oxygens (including phenoxy) is 1. The standard InChI is InChI=1S/C13H21ClN2O/c1-9(2)6-12(16-15)8-10-7-11(14)4-5-13(10)17-3/h4-5,7,9,12,16H,6,8,15H2,1-3H3. The zero-order valence-electron chi connectivity index (χ0n) is 10.7. The van der Waals surface area contributed by atoms with Crippen LogP contribution < -0.4 is 16.0 Å². The van der Waals surface area contributed by atoms with E-state index in [4.69, 9.17) is 22.2 Å². The molecule has 1 aromatic carbocycles. The van der Waals surface area contributed by atoms with E-state index in [1.807, 2.05) is 18.2 Å². The maximum absolute atomic E-state index is 6.00. The van der Waals surface area contributed by atoms with Crippen LogP contribution in [-0.2, 0) is 6.42 Å². The van der Waals surface area contributed by atoms with E-state index in [9.17, 15) is 0 Å². The van der Waals surface area contributed by atoms with Crippen LogP contribution in [0.3, 0.4) is 0 Å². The van der Waals surface area contributed by atoms with Crippen LogP contribution in [0.25, 0.3) is 0 Å². The molecular weight excluding hydrogens is 236 g/mol. The van der Waals surface area contributed by atoms with Gasteiger partial charge in [-0.25, -0.2) is 0 Å². The van der Waals surface area contributed by atoms with Gasteiger partial charge in [-0.05, 0) is 42.5 Å². The van der Waals surface area contributed by atoms with Gasteiger partial charge in [0.1, 0.15) is 5.75 Å². The third kappa shape index (κ3) is 4.54. The molecule has 0 amide bonds. The summed E-state index contributed by atoms with van der Waals surface area (Å²) in [6.45, 7) is 4.36. The van der Waals surface area contributed by atoms with E-state index in [-0.39, 0.29) is 6.04 Å².